The normalized spacial score (nSPS) is 9.62. The predicted octanol–water partition coefficient (Wildman–Crippen LogP) is 1.85. The van der Waals surface area contributed by atoms with E-state index in [9.17, 15) is 9.59 Å². The van der Waals surface area contributed by atoms with Gasteiger partial charge in [0.05, 0.1) is 6.61 Å². The first-order valence-corrected chi connectivity index (χ1v) is 5.17. The van der Waals surface area contributed by atoms with Crippen LogP contribution >= 0.6 is 11.8 Å². The van der Waals surface area contributed by atoms with E-state index >= 15 is 0 Å². The second kappa shape index (κ2) is 6.12. The van der Waals surface area contributed by atoms with Crippen LogP contribution in [0, 0.1) is 0 Å². The van der Waals surface area contributed by atoms with Crippen molar-refractivity contribution in [2.45, 2.75) is 6.92 Å². The van der Waals surface area contributed by atoms with Crippen molar-refractivity contribution in [3.8, 4) is 0 Å². The molecule has 0 heterocycles. The zero-order valence-electron chi connectivity index (χ0n) is 8.85. The van der Waals surface area contributed by atoms with Crippen LogP contribution in [0.2, 0.25) is 0 Å². The summed E-state index contributed by atoms with van der Waals surface area (Å²) in [5, 5.41) is 0. The van der Waals surface area contributed by atoms with Gasteiger partial charge in [0, 0.05) is 17.3 Å². The lowest BCUT2D eigenvalue weighted by Crippen LogP contribution is -2.28. The first-order valence-electron chi connectivity index (χ1n) is 4.83. The molecule has 16 heavy (non-hydrogen) atoms. The van der Waals surface area contributed by atoms with Crippen LogP contribution in [-0.4, -0.2) is 29.4 Å². The van der Waals surface area contributed by atoms with Gasteiger partial charge in [-0.05, 0) is 19.1 Å². The summed E-state index contributed by atoms with van der Waals surface area (Å²) in [7, 11) is 0. The molecular formula is C11H12ClNO3. The molecule has 1 amide bonds. The molecule has 0 saturated heterocycles. The quantitative estimate of drug-likeness (QED) is 0.597. The number of ether oxygens (including phenoxy) is 1. The van der Waals surface area contributed by atoms with Crippen LogP contribution in [0.3, 0.4) is 0 Å². The highest BCUT2D eigenvalue weighted by Crippen LogP contribution is 2.06. The lowest BCUT2D eigenvalue weighted by atomic mass is 10.2. The van der Waals surface area contributed by atoms with Gasteiger partial charge in [-0.2, -0.15) is 0 Å². The molecule has 0 spiro atoms. The Morgan fingerprint density at radius 3 is 2.50 bits per heavy atom. The minimum Gasteiger partial charge on any atom is -0.465 e. The standard InChI is InChI=1S/C11H12ClNO3/c1-2-16-10(14)8-13(12)11(15)9-6-4-3-5-7-9/h3-7H,2,8H2,1H3. The van der Waals surface area contributed by atoms with Crippen LogP contribution < -0.4 is 0 Å². The fourth-order valence-electron chi connectivity index (χ4n) is 1.11. The van der Waals surface area contributed by atoms with Gasteiger partial charge in [-0.15, -0.1) is 0 Å². The third-order valence-electron chi connectivity index (χ3n) is 1.81. The number of hydrogen-bond acceptors (Lipinski definition) is 3. The van der Waals surface area contributed by atoms with E-state index in [-0.39, 0.29) is 13.2 Å². The number of hydrogen-bond donors (Lipinski definition) is 0. The number of rotatable bonds is 4. The number of nitrogens with zero attached hydrogens (tertiary/aromatic N) is 1. The monoisotopic (exact) mass is 241 g/mol. The Morgan fingerprint density at radius 1 is 1.31 bits per heavy atom. The lowest BCUT2D eigenvalue weighted by molar-refractivity contribution is -0.142. The minimum absolute atomic E-state index is 0.261. The average molecular weight is 242 g/mol. The third kappa shape index (κ3) is 3.55. The maximum atomic E-state index is 11.7. The largest absolute Gasteiger partial charge is 0.465 e. The highest BCUT2D eigenvalue weighted by molar-refractivity contribution is 6.25. The Balaban J connectivity index is 2.58. The molecule has 0 atom stereocenters. The van der Waals surface area contributed by atoms with Crippen molar-refractivity contribution in [2.75, 3.05) is 13.2 Å². The van der Waals surface area contributed by atoms with Crippen LogP contribution in [0.15, 0.2) is 30.3 Å². The molecule has 1 aromatic carbocycles. The molecule has 0 aliphatic carbocycles. The van der Waals surface area contributed by atoms with E-state index in [4.69, 9.17) is 11.8 Å². The zero-order chi connectivity index (χ0) is 12.0. The van der Waals surface area contributed by atoms with Crippen molar-refractivity contribution >= 4 is 23.7 Å². The molecule has 1 rings (SSSR count). The molecular weight excluding hydrogens is 230 g/mol. The van der Waals surface area contributed by atoms with Gasteiger partial charge in [-0.3, -0.25) is 9.59 Å². The highest BCUT2D eigenvalue weighted by Gasteiger charge is 2.17. The van der Waals surface area contributed by atoms with Crippen LogP contribution in [0.5, 0.6) is 0 Å². The van der Waals surface area contributed by atoms with Crippen LogP contribution in [-0.2, 0) is 9.53 Å². The van der Waals surface area contributed by atoms with Gasteiger partial charge in [-0.25, -0.2) is 4.42 Å². The molecule has 0 fully saturated rings. The van der Waals surface area contributed by atoms with Gasteiger partial charge in [-0.1, -0.05) is 18.2 Å². The van der Waals surface area contributed by atoms with E-state index in [1.54, 1.807) is 37.3 Å². The molecule has 0 N–H and O–H groups in total. The molecule has 4 nitrogen and oxygen atoms in total. The fraction of sp³-hybridized carbons (Fsp3) is 0.273. The molecule has 0 aliphatic heterocycles. The summed E-state index contributed by atoms with van der Waals surface area (Å²) in [5.41, 5.74) is 0.432. The maximum Gasteiger partial charge on any atom is 0.327 e. The smallest absolute Gasteiger partial charge is 0.327 e. The van der Waals surface area contributed by atoms with Crippen molar-refractivity contribution in [1.29, 1.82) is 0 Å². The van der Waals surface area contributed by atoms with Crippen molar-refractivity contribution in [2.24, 2.45) is 0 Å². The summed E-state index contributed by atoms with van der Waals surface area (Å²) in [6.07, 6.45) is 0. The molecule has 1 aromatic rings. The summed E-state index contributed by atoms with van der Waals surface area (Å²) < 4.78 is 5.49. The number of carbonyl (C=O) groups is 2. The topological polar surface area (TPSA) is 46.6 Å². The summed E-state index contributed by atoms with van der Waals surface area (Å²) in [6.45, 7) is 1.70. The third-order valence-corrected chi connectivity index (χ3v) is 2.09. The first kappa shape index (κ1) is 12.5. The Kier molecular flexibility index (Phi) is 4.79. The minimum atomic E-state index is -0.526. The summed E-state index contributed by atoms with van der Waals surface area (Å²) in [6, 6.07) is 8.50. The van der Waals surface area contributed by atoms with E-state index in [1.165, 1.54) is 0 Å². The molecule has 5 heteroatoms. The van der Waals surface area contributed by atoms with Gasteiger partial charge in [0.25, 0.3) is 5.91 Å². The van der Waals surface area contributed by atoms with Crippen molar-refractivity contribution in [3.63, 3.8) is 0 Å². The molecule has 0 saturated carbocycles. The second-order valence-corrected chi connectivity index (χ2v) is 3.40. The van der Waals surface area contributed by atoms with Gasteiger partial charge in [0.2, 0.25) is 0 Å². The number of benzene rings is 1. The average Bonchev–Trinajstić information content (AvgIpc) is 2.29. The Hall–Kier alpha value is -1.55. The van der Waals surface area contributed by atoms with Crippen molar-refractivity contribution in [1.82, 2.24) is 4.42 Å². The second-order valence-electron chi connectivity index (χ2n) is 3.00. The number of esters is 1. The van der Waals surface area contributed by atoms with E-state index in [2.05, 4.69) is 4.74 Å². The van der Waals surface area contributed by atoms with E-state index in [0.717, 1.165) is 4.42 Å². The molecule has 0 aliphatic rings. The SMILES string of the molecule is CCOC(=O)CN(Cl)C(=O)c1ccccc1. The molecule has 0 radical (unpaired) electrons. The van der Waals surface area contributed by atoms with Crippen LogP contribution in [0.25, 0.3) is 0 Å². The summed E-state index contributed by atoms with van der Waals surface area (Å²) in [4.78, 5) is 22.8. The maximum absolute atomic E-state index is 11.7. The molecule has 0 unspecified atom stereocenters. The first-order chi connectivity index (χ1) is 7.65. The van der Waals surface area contributed by atoms with Gasteiger partial charge < -0.3 is 4.74 Å². The predicted molar refractivity (Wildman–Crippen MR) is 60.0 cm³/mol. The number of halogens is 1. The van der Waals surface area contributed by atoms with Crippen LogP contribution in [0.4, 0.5) is 0 Å². The summed E-state index contributed by atoms with van der Waals surface area (Å²) in [5.74, 6) is -0.947. The number of amides is 1. The number of carbonyl (C=O) groups excluding carboxylic acids is 2. The molecule has 0 bridgehead atoms. The molecule has 86 valence electrons. The van der Waals surface area contributed by atoms with E-state index < -0.39 is 11.9 Å². The summed E-state index contributed by atoms with van der Waals surface area (Å²) >= 11 is 5.68. The van der Waals surface area contributed by atoms with E-state index in [0.29, 0.717) is 5.56 Å². The highest BCUT2D eigenvalue weighted by atomic mass is 35.5. The molecule has 0 aromatic heterocycles. The van der Waals surface area contributed by atoms with Gasteiger partial charge in [0.15, 0.2) is 0 Å². The zero-order valence-corrected chi connectivity index (χ0v) is 9.61. The van der Waals surface area contributed by atoms with Crippen molar-refractivity contribution in [3.05, 3.63) is 35.9 Å². The Morgan fingerprint density at radius 2 is 1.94 bits per heavy atom. The Labute approximate surface area is 98.9 Å². The fourth-order valence-corrected chi connectivity index (χ4v) is 1.31. The lowest BCUT2D eigenvalue weighted by Gasteiger charge is -2.12. The van der Waals surface area contributed by atoms with Crippen molar-refractivity contribution < 1.29 is 14.3 Å². The van der Waals surface area contributed by atoms with Gasteiger partial charge >= 0.3 is 5.97 Å². The van der Waals surface area contributed by atoms with Gasteiger partial charge in [0.1, 0.15) is 6.54 Å². The Bertz CT molecular complexity index is 367. The van der Waals surface area contributed by atoms with E-state index in [1.807, 2.05) is 0 Å². The van der Waals surface area contributed by atoms with Crippen LogP contribution in [0.1, 0.15) is 17.3 Å².